The average molecular weight is 296 g/mol. The molecule has 4 heteroatoms. The van der Waals surface area contributed by atoms with Gasteiger partial charge in [0.15, 0.2) is 5.78 Å². The minimum atomic E-state index is -0.191. The zero-order valence-corrected chi connectivity index (χ0v) is 13.3. The zero-order chi connectivity index (χ0) is 16.3. The van der Waals surface area contributed by atoms with Crippen LogP contribution in [0.3, 0.4) is 0 Å². The van der Waals surface area contributed by atoms with Crippen LogP contribution in [0, 0.1) is 0 Å². The maximum Gasteiger partial charge on any atom is 0.255 e. The van der Waals surface area contributed by atoms with Crippen LogP contribution in [0.1, 0.15) is 54.1 Å². The summed E-state index contributed by atoms with van der Waals surface area (Å²) in [6, 6.07) is 10.3. The zero-order valence-electron chi connectivity index (χ0n) is 13.3. The molecule has 0 aliphatic carbocycles. The van der Waals surface area contributed by atoms with Gasteiger partial charge < -0.3 is 5.32 Å². The summed E-state index contributed by atoms with van der Waals surface area (Å²) < 4.78 is 0. The van der Waals surface area contributed by atoms with Crippen LogP contribution in [0.25, 0.3) is 0 Å². The van der Waals surface area contributed by atoms with Crippen LogP contribution in [-0.2, 0) is 5.41 Å². The predicted molar refractivity (Wildman–Crippen MR) is 87.3 cm³/mol. The molecule has 114 valence electrons. The number of anilines is 1. The predicted octanol–water partition coefficient (Wildman–Crippen LogP) is 3.83. The van der Waals surface area contributed by atoms with Crippen molar-refractivity contribution in [3.05, 3.63) is 59.4 Å². The van der Waals surface area contributed by atoms with Crippen LogP contribution in [0.5, 0.6) is 0 Å². The molecular formula is C18H20N2O2. The van der Waals surface area contributed by atoms with Crippen molar-refractivity contribution >= 4 is 17.4 Å². The Morgan fingerprint density at radius 2 is 1.64 bits per heavy atom. The van der Waals surface area contributed by atoms with Gasteiger partial charge in [-0.25, -0.2) is 0 Å². The van der Waals surface area contributed by atoms with Gasteiger partial charge in [0.05, 0.1) is 0 Å². The first-order valence-electron chi connectivity index (χ1n) is 7.16. The van der Waals surface area contributed by atoms with Crippen molar-refractivity contribution in [2.45, 2.75) is 33.1 Å². The van der Waals surface area contributed by atoms with Gasteiger partial charge in [-0.1, -0.05) is 20.8 Å². The molecule has 22 heavy (non-hydrogen) atoms. The lowest BCUT2D eigenvalue weighted by atomic mass is 9.91. The van der Waals surface area contributed by atoms with E-state index < -0.39 is 0 Å². The number of aromatic nitrogens is 1. The third kappa shape index (κ3) is 3.79. The molecule has 0 unspecified atom stereocenters. The summed E-state index contributed by atoms with van der Waals surface area (Å²) in [7, 11) is 0. The lowest BCUT2D eigenvalue weighted by Crippen LogP contribution is -2.17. The molecule has 0 saturated heterocycles. The summed E-state index contributed by atoms with van der Waals surface area (Å²) in [5.74, 6) is -0.190. The summed E-state index contributed by atoms with van der Waals surface area (Å²) in [5.41, 5.74) is 2.60. The highest BCUT2D eigenvalue weighted by molar-refractivity contribution is 6.04. The van der Waals surface area contributed by atoms with Gasteiger partial charge in [-0.3, -0.25) is 14.6 Å². The van der Waals surface area contributed by atoms with Crippen LogP contribution >= 0.6 is 0 Å². The Balaban J connectivity index is 2.17. The Bertz CT molecular complexity index is 698. The summed E-state index contributed by atoms with van der Waals surface area (Å²) >= 11 is 0. The topological polar surface area (TPSA) is 59.1 Å². The number of amides is 1. The van der Waals surface area contributed by atoms with Crippen LogP contribution in [0.4, 0.5) is 5.69 Å². The number of hydrogen-bond acceptors (Lipinski definition) is 3. The number of rotatable bonds is 3. The fourth-order valence-corrected chi connectivity index (χ4v) is 1.97. The number of pyridine rings is 1. The molecule has 0 aliphatic rings. The Morgan fingerprint density at radius 1 is 1.00 bits per heavy atom. The van der Waals surface area contributed by atoms with E-state index in [-0.39, 0.29) is 17.1 Å². The Hall–Kier alpha value is -2.49. The molecule has 0 radical (unpaired) electrons. The quantitative estimate of drug-likeness (QED) is 0.876. The number of Topliss-reactive ketones (excluding diaryl/α,β-unsaturated/α-hetero) is 1. The van der Waals surface area contributed by atoms with E-state index in [4.69, 9.17) is 0 Å². The lowest BCUT2D eigenvalue weighted by Gasteiger charge is -2.18. The second-order valence-electron chi connectivity index (χ2n) is 6.27. The van der Waals surface area contributed by atoms with Crippen LogP contribution in [-0.4, -0.2) is 16.7 Å². The van der Waals surface area contributed by atoms with E-state index in [2.05, 4.69) is 31.1 Å². The fourth-order valence-electron chi connectivity index (χ4n) is 1.97. The number of benzene rings is 1. The maximum atomic E-state index is 12.3. The van der Waals surface area contributed by atoms with E-state index in [1.807, 2.05) is 0 Å². The van der Waals surface area contributed by atoms with Crippen molar-refractivity contribution in [3.63, 3.8) is 0 Å². The molecule has 2 rings (SSSR count). The molecule has 0 spiro atoms. The van der Waals surface area contributed by atoms with Gasteiger partial charge in [-0.15, -0.1) is 0 Å². The normalized spacial score (nSPS) is 11.1. The summed E-state index contributed by atoms with van der Waals surface area (Å²) in [5, 5.41) is 2.82. The molecule has 0 atom stereocenters. The fraction of sp³-hybridized carbons (Fsp3) is 0.278. The minimum Gasteiger partial charge on any atom is -0.322 e. The van der Waals surface area contributed by atoms with Gasteiger partial charge in [0.1, 0.15) is 0 Å². The van der Waals surface area contributed by atoms with E-state index >= 15 is 0 Å². The largest absolute Gasteiger partial charge is 0.322 e. The number of nitrogens with zero attached hydrogens (tertiary/aromatic N) is 1. The van der Waals surface area contributed by atoms with Crippen molar-refractivity contribution < 1.29 is 9.59 Å². The molecule has 1 amide bonds. The molecule has 0 saturated carbocycles. The maximum absolute atomic E-state index is 12.3. The molecule has 2 aromatic rings. The van der Waals surface area contributed by atoms with E-state index in [1.165, 1.54) is 6.92 Å². The standard InChI is InChI=1S/C18H20N2O2/c1-12(21)13-5-7-15(8-6-13)20-17(22)14-9-10-19-16(11-14)18(2,3)4/h5-11H,1-4H3,(H,20,22). The van der Waals surface area contributed by atoms with Gasteiger partial charge in [-0.05, 0) is 43.3 Å². The van der Waals surface area contributed by atoms with Crippen molar-refractivity contribution in [3.8, 4) is 0 Å². The Labute approximate surface area is 130 Å². The van der Waals surface area contributed by atoms with Gasteiger partial charge in [-0.2, -0.15) is 0 Å². The van der Waals surface area contributed by atoms with Crippen molar-refractivity contribution in [1.29, 1.82) is 0 Å². The first-order chi connectivity index (χ1) is 10.3. The molecule has 0 fully saturated rings. The third-order valence-corrected chi connectivity index (χ3v) is 3.34. The molecule has 1 aromatic heterocycles. The molecule has 0 aliphatic heterocycles. The molecule has 1 N–H and O–H groups in total. The van der Waals surface area contributed by atoms with Crippen molar-refractivity contribution in [2.75, 3.05) is 5.32 Å². The number of carbonyl (C=O) groups is 2. The second-order valence-corrected chi connectivity index (χ2v) is 6.27. The van der Waals surface area contributed by atoms with Crippen LogP contribution < -0.4 is 5.32 Å². The number of hydrogen-bond donors (Lipinski definition) is 1. The van der Waals surface area contributed by atoms with Gasteiger partial charge >= 0.3 is 0 Å². The number of ketones is 1. The van der Waals surface area contributed by atoms with Crippen molar-refractivity contribution in [2.24, 2.45) is 0 Å². The van der Waals surface area contributed by atoms with E-state index in [0.29, 0.717) is 16.8 Å². The molecular weight excluding hydrogens is 276 g/mol. The monoisotopic (exact) mass is 296 g/mol. The number of carbonyl (C=O) groups excluding carboxylic acids is 2. The minimum absolute atomic E-state index is 0.00169. The highest BCUT2D eigenvalue weighted by Crippen LogP contribution is 2.21. The summed E-state index contributed by atoms with van der Waals surface area (Å²) in [6.07, 6.45) is 1.65. The Kier molecular flexibility index (Phi) is 4.40. The highest BCUT2D eigenvalue weighted by Gasteiger charge is 2.17. The van der Waals surface area contributed by atoms with Gasteiger partial charge in [0.25, 0.3) is 5.91 Å². The first kappa shape index (κ1) is 15.9. The molecule has 1 aromatic carbocycles. The van der Waals surface area contributed by atoms with Crippen LogP contribution in [0.2, 0.25) is 0 Å². The SMILES string of the molecule is CC(=O)c1ccc(NC(=O)c2ccnc(C(C)(C)C)c2)cc1. The first-order valence-corrected chi connectivity index (χ1v) is 7.16. The van der Waals surface area contributed by atoms with E-state index in [1.54, 1.807) is 42.6 Å². The van der Waals surface area contributed by atoms with Gasteiger partial charge in [0.2, 0.25) is 0 Å². The van der Waals surface area contributed by atoms with E-state index in [9.17, 15) is 9.59 Å². The third-order valence-electron chi connectivity index (χ3n) is 3.34. The summed E-state index contributed by atoms with van der Waals surface area (Å²) in [4.78, 5) is 27.9. The molecule has 4 nitrogen and oxygen atoms in total. The second kappa shape index (κ2) is 6.10. The van der Waals surface area contributed by atoms with Crippen molar-refractivity contribution in [1.82, 2.24) is 4.98 Å². The molecule has 0 bridgehead atoms. The smallest absolute Gasteiger partial charge is 0.255 e. The molecule has 1 heterocycles. The van der Waals surface area contributed by atoms with Crippen LogP contribution in [0.15, 0.2) is 42.6 Å². The average Bonchev–Trinajstić information content (AvgIpc) is 2.47. The number of nitrogens with one attached hydrogen (secondary N) is 1. The Morgan fingerprint density at radius 3 is 2.18 bits per heavy atom. The summed E-state index contributed by atoms with van der Waals surface area (Å²) in [6.45, 7) is 7.67. The van der Waals surface area contributed by atoms with Gasteiger partial charge in [0, 0.05) is 34.1 Å². The lowest BCUT2D eigenvalue weighted by molar-refractivity contribution is 0.101. The highest BCUT2D eigenvalue weighted by atomic mass is 16.1. The van der Waals surface area contributed by atoms with E-state index in [0.717, 1.165) is 5.69 Å².